The number of hydrogen-bond donors (Lipinski definition) is 0. The minimum absolute atomic E-state index is 0.00879. The van der Waals surface area contributed by atoms with Gasteiger partial charge in [0.2, 0.25) is 5.91 Å². The van der Waals surface area contributed by atoms with E-state index in [1.807, 2.05) is 20.8 Å². The summed E-state index contributed by atoms with van der Waals surface area (Å²) in [6.07, 6.45) is 0.516. The van der Waals surface area contributed by atoms with Crippen LogP contribution in [-0.2, 0) is 23.8 Å². The fraction of sp³-hybridized carbons (Fsp3) is 0.867. The fourth-order valence-electron chi connectivity index (χ4n) is 1.98. The zero-order valence-corrected chi connectivity index (χ0v) is 14.1. The average molecular weight is 303 g/mol. The Kier molecular flexibility index (Phi) is 9.21. The molecule has 0 fully saturated rings. The number of amides is 1. The van der Waals surface area contributed by atoms with Gasteiger partial charge in [0, 0.05) is 27.2 Å². The summed E-state index contributed by atoms with van der Waals surface area (Å²) < 4.78 is 14.9. The highest BCUT2D eigenvalue weighted by Gasteiger charge is 2.28. The third-order valence-corrected chi connectivity index (χ3v) is 2.97. The molecule has 0 saturated heterocycles. The van der Waals surface area contributed by atoms with Gasteiger partial charge in [-0.05, 0) is 5.41 Å². The van der Waals surface area contributed by atoms with E-state index in [2.05, 4.69) is 0 Å². The SMILES string of the molecule is COCCN(C(=O)CC(C)(C)C)C(COC)CC(=O)OC. The van der Waals surface area contributed by atoms with Crippen LogP contribution in [0.25, 0.3) is 0 Å². The Morgan fingerprint density at radius 1 is 1.10 bits per heavy atom. The third kappa shape index (κ3) is 8.67. The molecule has 0 N–H and O–H groups in total. The van der Waals surface area contributed by atoms with Gasteiger partial charge in [0.15, 0.2) is 0 Å². The van der Waals surface area contributed by atoms with Crippen LogP contribution in [0, 0.1) is 5.41 Å². The standard InChI is InChI=1S/C15H29NO5/c1-15(2,3)10-13(17)16(7-8-19-4)12(11-20-5)9-14(18)21-6/h12H,7-11H2,1-6H3. The van der Waals surface area contributed by atoms with Crippen molar-refractivity contribution in [3.63, 3.8) is 0 Å². The highest BCUT2D eigenvalue weighted by atomic mass is 16.5. The molecule has 1 unspecified atom stereocenters. The van der Waals surface area contributed by atoms with E-state index in [0.717, 1.165) is 0 Å². The van der Waals surface area contributed by atoms with Crippen LogP contribution in [-0.4, -0.2) is 63.9 Å². The molecule has 0 spiro atoms. The first-order valence-corrected chi connectivity index (χ1v) is 7.09. The van der Waals surface area contributed by atoms with Crippen molar-refractivity contribution in [1.82, 2.24) is 4.90 Å². The molecule has 0 aromatic carbocycles. The fourth-order valence-corrected chi connectivity index (χ4v) is 1.98. The largest absolute Gasteiger partial charge is 0.469 e. The van der Waals surface area contributed by atoms with E-state index >= 15 is 0 Å². The van der Waals surface area contributed by atoms with Crippen molar-refractivity contribution in [3.05, 3.63) is 0 Å². The Bertz CT molecular complexity index is 325. The molecule has 0 bridgehead atoms. The zero-order chi connectivity index (χ0) is 16.5. The molecule has 21 heavy (non-hydrogen) atoms. The predicted octanol–water partition coefficient (Wildman–Crippen LogP) is 1.48. The highest BCUT2D eigenvalue weighted by Crippen LogP contribution is 2.21. The quantitative estimate of drug-likeness (QED) is 0.604. The number of nitrogens with zero attached hydrogens (tertiary/aromatic N) is 1. The van der Waals surface area contributed by atoms with E-state index < -0.39 is 0 Å². The van der Waals surface area contributed by atoms with Crippen LogP contribution >= 0.6 is 0 Å². The number of carbonyl (C=O) groups excluding carboxylic acids is 2. The van der Waals surface area contributed by atoms with Crippen LogP contribution in [0.3, 0.4) is 0 Å². The molecule has 0 aliphatic rings. The maximum atomic E-state index is 12.5. The van der Waals surface area contributed by atoms with Gasteiger partial charge in [0.1, 0.15) is 0 Å². The lowest BCUT2D eigenvalue weighted by atomic mass is 9.91. The normalized spacial score (nSPS) is 12.9. The second-order valence-corrected chi connectivity index (χ2v) is 6.21. The molecule has 0 radical (unpaired) electrons. The highest BCUT2D eigenvalue weighted by molar-refractivity contribution is 5.78. The average Bonchev–Trinajstić information content (AvgIpc) is 2.37. The summed E-state index contributed by atoms with van der Waals surface area (Å²) in [7, 11) is 4.47. The lowest BCUT2D eigenvalue weighted by molar-refractivity contribution is -0.145. The van der Waals surface area contributed by atoms with Gasteiger partial charge in [-0.25, -0.2) is 0 Å². The van der Waals surface area contributed by atoms with E-state index in [1.165, 1.54) is 7.11 Å². The van der Waals surface area contributed by atoms with Gasteiger partial charge in [-0.15, -0.1) is 0 Å². The Morgan fingerprint density at radius 2 is 1.71 bits per heavy atom. The number of hydrogen-bond acceptors (Lipinski definition) is 5. The van der Waals surface area contributed by atoms with Crippen molar-refractivity contribution in [2.24, 2.45) is 5.41 Å². The van der Waals surface area contributed by atoms with E-state index in [1.54, 1.807) is 19.1 Å². The molecule has 0 aromatic rings. The first kappa shape index (κ1) is 19.9. The van der Waals surface area contributed by atoms with Gasteiger partial charge >= 0.3 is 5.97 Å². The summed E-state index contributed by atoms with van der Waals surface area (Å²) in [6, 6.07) is -0.340. The minimum atomic E-state index is -0.358. The molecule has 6 nitrogen and oxygen atoms in total. The molecule has 0 rings (SSSR count). The van der Waals surface area contributed by atoms with Crippen LogP contribution in [0.4, 0.5) is 0 Å². The molecule has 6 heteroatoms. The summed E-state index contributed by atoms with van der Waals surface area (Å²) in [5, 5.41) is 0. The summed E-state index contributed by atoms with van der Waals surface area (Å²) in [6.45, 7) is 7.14. The maximum absolute atomic E-state index is 12.5. The molecule has 1 amide bonds. The van der Waals surface area contributed by atoms with Gasteiger partial charge in [0.05, 0.1) is 32.8 Å². The second-order valence-electron chi connectivity index (χ2n) is 6.21. The van der Waals surface area contributed by atoms with E-state index in [-0.39, 0.29) is 36.4 Å². The summed E-state index contributed by atoms with van der Waals surface area (Å²) >= 11 is 0. The number of esters is 1. The third-order valence-electron chi connectivity index (χ3n) is 2.97. The van der Waals surface area contributed by atoms with Crippen LogP contribution < -0.4 is 0 Å². The monoisotopic (exact) mass is 303 g/mol. The lowest BCUT2D eigenvalue weighted by Crippen LogP contribution is -2.46. The summed E-state index contributed by atoms with van der Waals surface area (Å²) in [5.74, 6) is -0.367. The zero-order valence-electron chi connectivity index (χ0n) is 14.1. The second kappa shape index (κ2) is 9.73. The Balaban J connectivity index is 5.02. The first-order chi connectivity index (χ1) is 9.75. The molecule has 124 valence electrons. The molecule has 0 aliphatic carbocycles. The Hall–Kier alpha value is -1.14. The number of carbonyl (C=O) groups is 2. The van der Waals surface area contributed by atoms with Gasteiger partial charge in [-0.3, -0.25) is 9.59 Å². The lowest BCUT2D eigenvalue weighted by Gasteiger charge is -2.33. The number of ether oxygens (including phenoxy) is 3. The van der Waals surface area contributed by atoms with E-state index in [9.17, 15) is 9.59 Å². The van der Waals surface area contributed by atoms with Crippen molar-refractivity contribution < 1.29 is 23.8 Å². The topological polar surface area (TPSA) is 65.1 Å². The Labute approximate surface area is 127 Å². The van der Waals surface area contributed by atoms with Crippen LogP contribution in [0.1, 0.15) is 33.6 Å². The number of rotatable bonds is 9. The molecular formula is C15H29NO5. The molecule has 0 saturated carbocycles. The summed E-state index contributed by atoms with van der Waals surface area (Å²) in [5.41, 5.74) is -0.120. The van der Waals surface area contributed by atoms with E-state index in [0.29, 0.717) is 19.6 Å². The molecule has 0 aromatic heterocycles. The van der Waals surface area contributed by atoms with E-state index in [4.69, 9.17) is 14.2 Å². The van der Waals surface area contributed by atoms with Crippen molar-refractivity contribution in [2.75, 3.05) is 41.1 Å². The first-order valence-electron chi connectivity index (χ1n) is 7.09. The molecule has 0 aliphatic heterocycles. The Morgan fingerprint density at radius 3 is 2.14 bits per heavy atom. The van der Waals surface area contributed by atoms with Crippen LogP contribution in [0.5, 0.6) is 0 Å². The number of methoxy groups -OCH3 is 3. The molecule has 0 heterocycles. The molecule has 1 atom stereocenters. The van der Waals surface area contributed by atoms with Gasteiger partial charge in [-0.1, -0.05) is 20.8 Å². The predicted molar refractivity (Wildman–Crippen MR) is 80.0 cm³/mol. The summed E-state index contributed by atoms with van der Waals surface area (Å²) in [4.78, 5) is 25.7. The van der Waals surface area contributed by atoms with Crippen molar-refractivity contribution in [1.29, 1.82) is 0 Å². The smallest absolute Gasteiger partial charge is 0.307 e. The van der Waals surface area contributed by atoms with Gasteiger partial charge in [0.25, 0.3) is 0 Å². The van der Waals surface area contributed by atoms with Gasteiger partial charge in [-0.2, -0.15) is 0 Å². The maximum Gasteiger partial charge on any atom is 0.307 e. The van der Waals surface area contributed by atoms with Crippen molar-refractivity contribution >= 4 is 11.9 Å². The minimum Gasteiger partial charge on any atom is -0.469 e. The molecular weight excluding hydrogens is 274 g/mol. The van der Waals surface area contributed by atoms with Crippen molar-refractivity contribution in [3.8, 4) is 0 Å². The van der Waals surface area contributed by atoms with Crippen molar-refractivity contribution in [2.45, 2.75) is 39.7 Å². The van der Waals surface area contributed by atoms with Crippen LogP contribution in [0.15, 0.2) is 0 Å². The van der Waals surface area contributed by atoms with Gasteiger partial charge < -0.3 is 19.1 Å². The van der Waals surface area contributed by atoms with Crippen LogP contribution in [0.2, 0.25) is 0 Å².